The smallest absolute Gasteiger partial charge is 0.257 e. The summed E-state index contributed by atoms with van der Waals surface area (Å²) in [5.74, 6) is -2.54. The quantitative estimate of drug-likeness (QED) is 0.785. The van der Waals surface area contributed by atoms with Gasteiger partial charge < -0.3 is 5.32 Å². The molecule has 3 rings (SSSR count). The molecular weight excluding hydrogens is 318 g/mol. The van der Waals surface area contributed by atoms with Crippen LogP contribution in [0.4, 0.5) is 8.78 Å². The maximum atomic E-state index is 13.6. The van der Waals surface area contributed by atoms with E-state index in [-0.39, 0.29) is 6.54 Å². The van der Waals surface area contributed by atoms with E-state index in [2.05, 4.69) is 10.3 Å². The monoisotopic (exact) mass is 330 g/mol. The highest BCUT2D eigenvalue weighted by Gasteiger charge is 2.16. The summed E-state index contributed by atoms with van der Waals surface area (Å²) in [5.41, 5.74) is 1.03. The van der Waals surface area contributed by atoms with Crippen LogP contribution in [0, 0.1) is 11.6 Å². The first kappa shape index (κ1) is 15.3. The van der Waals surface area contributed by atoms with Crippen LogP contribution in [0.3, 0.4) is 0 Å². The Hall–Kier alpha value is -2.60. The van der Waals surface area contributed by atoms with Crippen LogP contribution in [0.15, 0.2) is 54.0 Å². The Morgan fingerprint density at radius 2 is 1.91 bits per heavy atom. The minimum absolute atomic E-state index is 0.160. The molecule has 0 spiro atoms. The standard InChI is InChI=1S/C17H12F2N2OS/c18-12-3-1-4-13(19)16(12)17(22)21-10-11-6-7-20-14(9-11)15-5-2-8-23-15/h1-9H,10H2,(H,21,22). The highest BCUT2D eigenvalue weighted by Crippen LogP contribution is 2.23. The van der Waals surface area contributed by atoms with Crippen LogP contribution in [0.1, 0.15) is 15.9 Å². The van der Waals surface area contributed by atoms with Gasteiger partial charge in [0.2, 0.25) is 0 Å². The highest BCUT2D eigenvalue weighted by molar-refractivity contribution is 7.13. The van der Waals surface area contributed by atoms with Gasteiger partial charge in [-0.2, -0.15) is 0 Å². The highest BCUT2D eigenvalue weighted by atomic mass is 32.1. The van der Waals surface area contributed by atoms with Gasteiger partial charge in [-0.3, -0.25) is 9.78 Å². The molecule has 0 fully saturated rings. The molecule has 0 aliphatic rings. The number of benzene rings is 1. The number of nitrogens with one attached hydrogen (secondary N) is 1. The number of carbonyl (C=O) groups is 1. The summed E-state index contributed by atoms with van der Waals surface area (Å²) in [4.78, 5) is 17.3. The number of rotatable bonds is 4. The van der Waals surface area contributed by atoms with Crippen molar-refractivity contribution in [3.05, 3.63) is 76.8 Å². The van der Waals surface area contributed by atoms with Gasteiger partial charge in [-0.05, 0) is 41.3 Å². The molecule has 3 aromatic rings. The van der Waals surface area contributed by atoms with Crippen LogP contribution in [-0.4, -0.2) is 10.9 Å². The van der Waals surface area contributed by atoms with Gasteiger partial charge in [0, 0.05) is 12.7 Å². The number of amides is 1. The van der Waals surface area contributed by atoms with Crippen LogP contribution < -0.4 is 5.32 Å². The van der Waals surface area contributed by atoms with Crippen LogP contribution in [0.25, 0.3) is 10.6 Å². The number of nitrogens with zero attached hydrogens (tertiary/aromatic N) is 1. The molecule has 3 nitrogen and oxygen atoms in total. The van der Waals surface area contributed by atoms with E-state index in [0.717, 1.165) is 28.3 Å². The second-order valence-corrected chi connectivity index (χ2v) is 5.75. The summed E-state index contributed by atoms with van der Waals surface area (Å²) in [6.45, 7) is 0.160. The Balaban J connectivity index is 1.74. The molecule has 0 aliphatic carbocycles. The lowest BCUT2D eigenvalue weighted by Crippen LogP contribution is -2.25. The third-order valence-electron chi connectivity index (χ3n) is 3.24. The summed E-state index contributed by atoms with van der Waals surface area (Å²) < 4.78 is 27.1. The van der Waals surface area contributed by atoms with E-state index in [9.17, 15) is 13.6 Å². The molecule has 0 atom stereocenters. The molecule has 6 heteroatoms. The summed E-state index contributed by atoms with van der Waals surface area (Å²) in [6, 6.07) is 10.8. The van der Waals surface area contributed by atoms with Crippen LogP contribution in [-0.2, 0) is 6.54 Å². The normalized spacial score (nSPS) is 10.5. The lowest BCUT2D eigenvalue weighted by atomic mass is 10.1. The van der Waals surface area contributed by atoms with E-state index in [1.54, 1.807) is 23.6 Å². The number of hydrogen-bond acceptors (Lipinski definition) is 3. The van der Waals surface area contributed by atoms with E-state index in [1.165, 1.54) is 6.07 Å². The largest absolute Gasteiger partial charge is 0.348 e. The van der Waals surface area contributed by atoms with Crippen molar-refractivity contribution in [2.24, 2.45) is 0 Å². The van der Waals surface area contributed by atoms with Crippen molar-refractivity contribution in [1.29, 1.82) is 0 Å². The second kappa shape index (κ2) is 6.66. The number of carbonyl (C=O) groups excluding carboxylic acids is 1. The van der Waals surface area contributed by atoms with Gasteiger partial charge in [0.25, 0.3) is 5.91 Å². The Kier molecular flexibility index (Phi) is 4.43. The molecule has 0 radical (unpaired) electrons. The summed E-state index contributed by atoms with van der Waals surface area (Å²) in [7, 11) is 0. The minimum Gasteiger partial charge on any atom is -0.348 e. The first-order valence-electron chi connectivity index (χ1n) is 6.86. The average molecular weight is 330 g/mol. The first-order chi connectivity index (χ1) is 11.1. The molecule has 0 unspecified atom stereocenters. The lowest BCUT2D eigenvalue weighted by molar-refractivity contribution is 0.0942. The van der Waals surface area contributed by atoms with Gasteiger partial charge in [0.1, 0.15) is 17.2 Å². The molecular formula is C17H12F2N2OS. The Morgan fingerprint density at radius 1 is 1.13 bits per heavy atom. The molecule has 116 valence electrons. The Morgan fingerprint density at radius 3 is 2.61 bits per heavy atom. The summed E-state index contributed by atoms with van der Waals surface area (Å²) >= 11 is 1.56. The molecule has 0 bridgehead atoms. The zero-order valence-corrected chi connectivity index (χ0v) is 12.7. The van der Waals surface area contributed by atoms with Crippen LogP contribution >= 0.6 is 11.3 Å². The first-order valence-corrected chi connectivity index (χ1v) is 7.74. The van der Waals surface area contributed by atoms with E-state index < -0.39 is 23.1 Å². The summed E-state index contributed by atoms with van der Waals surface area (Å²) in [6.07, 6.45) is 1.64. The third kappa shape index (κ3) is 3.43. The van der Waals surface area contributed by atoms with Gasteiger partial charge >= 0.3 is 0 Å². The molecule has 0 aliphatic heterocycles. The molecule has 1 N–H and O–H groups in total. The molecule has 2 heterocycles. The molecule has 23 heavy (non-hydrogen) atoms. The van der Waals surface area contributed by atoms with Crippen molar-refractivity contribution in [3.63, 3.8) is 0 Å². The predicted molar refractivity (Wildman–Crippen MR) is 85.1 cm³/mol. The number of halogens is 2. The maximum absolute atomic E-state index is 13.6. The second-order valence-electron chi connectivity index (χ2n) is 4.81. The molecule has 1 aromatic carbocycles. The van der Waals surface area contributed by atoms with E-state index in [0.29, 0.717) is 0 Å². The van der Waals surface area contributed by atoms with Gasteiger partial charge in [-0.1, -0.05) is 12.1 Å². The van der Waals surface area contributed by atoms with Crippen molar-refractivity contribution in [3.8, 4) is 10.6 Å². The maximum Gasteiger partial charge on any atom is 0.257 e. The fraction of sp³-hybridized carbons (Fsp3) is 0.0588. The zero-order valence-electron chi connectivity index (χ0n) is 11.9. The molecule has 2 aromatic heterocycles. The third-order valence-corrected chi connectivity index (χ3v) is 4.13. The van der Waals surface area contributed by atoms with E-state index in [1.807, 2.05) is 23.6 Å². The lowest BCUT2D eigenvalue weighted by Gasteiger charge is -2.08. The fourth-order valence-electron chi connectivity index (χ4n) is 2.13. The van der Waals surface area contributed by atoms with Gasteiger partial charge in [0.15, 0.2) is 0 Å². The SMILES string of the molecule is O=C(NCc1ccnc(-c2cccs2)c1)c1c(F)cccc1F. The van der Waals surface area contributed by atoms with Crippen molar-refractivity contribution in [2.45, 2.75) is 6.54 Å². The topological polar surface area (TPSA) is 42.0 Å². The number of hydrogen-bond donors (Lipinski definition) is 1. The number of thiophene rings is 1. The van der Waals surface area contributed by atoms with Crippen molar-refractivity contribution in [1.82, 2.24) is 10.3 Å². The van der Waals surface area contributed by atoms with Crippen molar-refractivity contribution in [2.75, 3.05) is 0 Å². The van der Waals surface area contributed by atoms with E-state index in [4.69, 9.17) is 0 Å². The predicted octanol–water partition coefficient (Wildman–Crippen LogP) is 4.02. The summed E-state index contributed by atoms with van der Waals surface area (Å²) in [5, 5.41) is 4.48. The fourth-order valence-corrected chi connectivity index (χ4v) is 2.82. The number of aromatic nitrogens is 1. The Bertz CT molecular complexity index is 814. The van der Waals surface area contributed by atoms with Crippen molar-refractivity contribution >= 4 is 17.2 Å². The van der Waals surface area contributed by atoms with Gasteiger partial charge in [-0.25, -0.2) is 8.78 Å². The molecule has 1 amide bonds. The average Bonchev–Trinajstić information content (AvgIpc) is 3.07. The molecule has 0 saturated heterocycles. The minimum atomic E-state index is -0.878. The van der Waals surface area contributed by atoms with Crippen molar-refractivity contribution < 1.29 is 13.6 Å². The number of pyridine rings is 1. The zero-order chi connectivity index (χ0) is 16.2. The molecule has 0 saturated carbocycles. The van der Waals surface area contributed by atoms with Crippen LogP contribution in [0.5, 0.6) is 0 Å². The van der Waals surface area contributed by atoms with Gasteiger partial charge in [-0.15, -0.1) is 11.3 Å². The van der Waals surface area contributed by atoms with Gasteiger partial charge in [0.05, 0.1) is 10.6 Å². The van der Waals surface area contributed by atoms with E-state index >= 15 is 0 Å². The Labute approximate surface area is 135 Å². The van der Waals surface area contributed by atoms with Crippen LogP contribution in [0.2, 0.25) is 0 Å².